The smallest absolute Gasteiger partial charge is 0.252 e. The highest BCUT2D eigenvalue weighted by Crippen LogP contribution is 2.29. The number of nitrogens with one attached hydrogen (secondary N) is 1. The first kappa shape index (κ1) is 17.6. The lowest BCUT2D eigenvalue weighted by molar-refractivity contribution is 0.0902. The van der Waals surface area contributed by atoms with E-state index >= 15 is 0 Å². The molecule has 118 valence electrons. The van der Waals surface area contributed by atoms with E-state index < -0.39 is 0 Å². The Bertz CT molecular complexity index is 466. The molecule has 0 aromatic heterocycles. The zero-order chi connectivity index (χ0) is 14.6. The number of ether oxygens (including phenoxy) is 2. The molecule has 1 aliphatic rings. The number of carbonyl (C=O) groups excluding carboxylic acids is 1. The van der Waals surface area contributed by atoms with Gasteiger partial charge in [0, 0.05) is 18.2 Å². The summed E-state index contributed by atoms with van der Waals surface area (Å²) in [7, 11) is 3.13. The SMILES string of the molecule is COc1cc(OC)cc(C(=O)NC2(CN)CCCC2)c1.Cl. The molecule has 1 amide bonds. The zero-order valence-electron chi connectivity index (χ0n) is 12.5. The number of carbonyl (C=O) groups is 1. The van der Waals surface area contributed by atoms with Crippen molar-refractivity contribution < 1.29 is 14.3 Å². The summed E-state index contributed by atoms with van der Waals surface area (Å²) >= 11 is 0. The number of rotatable bonds is 5. The lowest BCUT2D eigenvalue weighted by Gasteiger charge is -2.28. The summed E-state index contributed by atoms with van der Waals surface area (Å²) in [5, 5.41) is 3.09. The summed E-state index contributed by atoms with van der Waals surface area (Å²) in [6, 6.07) is 5.15. The lowest BCUT2D eigenvalue weighted by Crippen LogP contribution is -2.51. The second-order valence-electron chi connectivity index (χ2n) is 5.25. The van der Waals surface area contributed by atoms with Crippen LogP contribution in [0.3, 0.4) is 0 Å². The minimum Gasteiger partial charge on any atom is -0.497 e. The van der Waals surface area contributed by atoms with Crippen molar-refractivity contribution in [1.82, 2.24) is 5.32 Å². The summed E-state index contributed by atoms with van der Waals surface area (Å²) < 4.78 is 10.4. The van der Waals surface area contributed by atoms with E-state index in [2.05, 4.69) is 5.32 Å². The Morgan fingerprint density at radius 2 is 1.71 bits per heavy atom. The highest BCUT2D eigenvalue weighted by Gasteiger charge is 2.34. The molecule has 6 heteroatoms. The van der Waals surface area contributed by atoms with Gasteiger partial charge >= 0.3 is 0 Å². The molecule has 2 rings (SSSR count). The fourth-order valence-electron chi connectivity index (χ4n) is 2.68. The molecule has 0 bridgehead atoms. The van der Waals surface area contributed by atoms with Gasteiger partial charge < -0.3 is 20.5 Å². The van der Waals surface area contributed by atoms with Crippen LogP contribution >= 0.6 is 12.4 Å². The minimum atomic E-state index is -0.257. The Morgan fingerprint density at radius 3 is 2.14 bits per heavy atom. The molecule has 0 heterocycles. The van der Waals surface area contributed by atoms with Crippen LogP contribution in [0.2, 0.25) is 0 Å². The Kier molecular flexibility index (Phi) is 6.30. The van der Waals surface area contributed by atoms with Gasteiger partial charge in [0.2, 0.25) is 0 Å². The summed E-state index contributed by atoms with van der Waals surface area (Å²) in [6.07, 6.45) is 4.10. The van der Waals surface area contributed by atoms with E-state index in [1.54, 1.807) is 32.4 Å². The molecule has 21 heavy (non-hydrogen) atoms. The average Bonchev–Trinajstić information content (AvgIpc) is 2.95. The predicted molar refractivity (Wildman–Crippen MR) is 84.5 cm³/mol. The second-order valence-corrected chi connectivity index (χ2v) is 5.25. The Labute approximate surface area is 131 Å². The van der Waals surface area contributed by atoms with Crippen LogP contribution in [0.5, 0.6) is 11.5 Å². The van der Waals surface area contributed by atoms with E-state index in [0.29, 0.717) is 23.6 Å². The monoisotopic (exact) mass is 314 g/mol. The van der Waals surface area contributed by atoms with Crippen LogP contribution in [0.25, 0.3) is 0 Å². The van der Waals surface area contributed by atoms with Gasteiger partial charge in [0.05, 0.1) is 19.8 Å². The van der Waals surface area contributed by atoms with E-state index in [1.165, 1.54) is 0 Å². The molecule has 1 saturated carbocycles. The molecule has 1 aliphatic carbocycles. The fourth-order valence-corrected chi connectivity index (χ4v) is 2.68. The molecule has 1 fully saturated rings. The molecule has 0 spiro atoms. The van der Waals surface area contributed by atoms with Crippen molar-refractivity contribution in [2.75, 3.05) is 20.8 Å². The van der Waals surface area contributed by atoms with Crippen LogP contribution in [0.1, 0.15) is 36.0 Å². The van der Waals surface area contributed by atoms with Crippen LogP contribution in [-0.4, -0.2) is 32.2 Å². The summed E-state index contributed by atoms with van der Waals surface area (Å²) in [5.41, 5.74) is 6.12. The first-order valence-corrected chi connectivity index (χ1v) is 6.88. The second kappa shape index (κ2) is 7.52. The van der Waals surface area contributed by atoms with Gasteiger partial charge in [-0.15, -0.1) is 12.4 Å². The predicted octanol–water partition coefficient (Wildman–Crippen LogP) is 2.13. The molecule has 0 aliphatic heterocycles. The minimum absolute atomic E-state index is 0. The van der Waals surface area contributed by atoms with Gasteiger partial charge in [0.1, 0.15) is 11.5 Å². The molecule has 0 atom stereocenters. The van der Waals surface area contributed by atoms with Gasteiger partial charge in [-0.2, -0.15) is 0 Å². The normalized spacial score (nSPS) is 16.0. The Morgan fingerprint density at radius 1 is 1.19 bits per heavy atom. The summed E-state index contributed by atoms with van der Waals surface area (Å²) in [5.74, 6) is 1.07. The van der Waals surface area contributed by atoms with Gasteiger partial charge in [0.15, 0.2) is 0 Å². The van der Waals surface area contributed by atoms with Crippen molar-refractivity contribution in [2.24, 2.45) is 5.73 Å². The van der Waals surface area contributed by atoms with Gasteiger partial charge in [-0.25, -0.2) is 0 Å². The maximum atomic E-state index is 12.4. The number of nitrogens with two attached hydrogens (primary N) is 1. The van der Waals surface area contributed by atoms with Crippen LogP contribution < -0.4 is 20.5 Å². The number of halogens is 1. The molecule has 1 aromatic carbocycles. The van der Waals surface area contributed by atoms with Gasteiger partial charge in [-0.05, 0) is 25.0 Å². The third-order valence-electron chi connectivity index (χ3n) is 3.94. The molecule has 0 saturated heterocycles. The molecular formula is C15H23ClN2O3. The van der Waals surface area contributed by atoms with Crippen LogP contribution in [0.4, 0.5) is 0 Å². The van der Waals surface area contributed by atoms with E-state index in [4.69, 9.17) is 15.2 Å². The van der Waals surface area contributed by atoms with Crippen molar-refractivity contribution in [3.63, 3.8) is 0 Å². The van der Waals surface area contributed by atoms with Crippen LogP contribution in [-0.2, 0) is 0 Å². The summed E-state index contributed by atoms with van der Waals surface area (Å²) in [4.78, 5) is 12.4. The molecule has 1 aromatic rings. The lowest BCUT2D eigenvalue weighted by atomic mass is 9.97. The first-order valence-electron chi connectivity index (χ1n) is 6.88. The average molecular weight is 315 g/mol. The fraction of sp³-hybridized carbons (Fsp3) is 0.533. The maximum absolute atomic E-state index is 12.4. The highest BCUT2D eigenvalue weighted by atomic mass is 35.5. The zero-order valence-corrected chi connectivity index (χ0v) is 13.3. The van der Waals surface area contributed by atoms with Crippen molar-refractivity contribution >= 4 is 18.3 Å². The van der Waals surface area contributed by atoms with Crippen molar-refractivity contribution in [3.05, 3.63) is 23.8 Å². The van der Waals surface area contributed by atoms with Crippen LogP contribution in [0, 0.1) is 0 Å². The van der Waals surface area contributed by atoms with E-state index in [0.717, 1.165) is 25.7 Å². The van der Waals surface area contributed by atoms with Crippen molar-refractivity contribution in [2.45, 2.75) is 31.2 Å². The molecular weight excluding hydrogens is 292 g/mol. The number of hydrogen-bond donors (Lipinski definition) is 2. The quantitative estimate of drug-likeness (QED) is 0.873. The third kappa shape index (κ3) is 4.02. The number of amides is 1. The van der Waals surface area contributed by atoms with E-state index in [1.807, 2.05) is 0 Å². The van der Waals surface area contributed by atoms with E-state index in [-0.39, 0.29) is 23.9 Å². The Balaban J connectivity index is 0.00000220. The molecule has 5 nitrogen and oxygen atoms in total. The summed E-state index contributed by atoms with van der Waals surface area (Å²) in [6.45, 7) is 0.472. The van der Waals surface area contributed by atoms with Crippen molar-refractivity contribution in [3.8, 4) is 11.5 Å². The third-order valence-corrected chi connectivity index (χ3v) is 3.94. The number of hydrogen-bond acceptors (Lipinski definition) is 4. The highest BCUT2D eigenvalue weighted by molar-refractivity contribution is 5.95. The van der Waals surface area contributed by atoms with Gasteiger partial charge in [-0.1, -0.05) is 12.8 Å². The Hall–Kier alpha value is -1.46. The van der Waals surface area contributed by atoms with Crippen molar-refractivity contribution in [1.29, 1.82) is 0 Å². The maximum Gasteiger partial charge on any atom is 0.252 e. The number of methoxy groups -OCH3 is 2. The topological polar surface area (TPSA) is 73.6 Å². The largest absolute Gasteiger partial charge is 0.497 e. The standard InChI is InChI=1S/C15H22N2O3.ClH/c1-19-12-7-11(8-13(9-12)20-2)14(18)17-15(10-16)5-3-4-6-15;/h7-9H,3-6,10,16H2,1-2H3,(H,17,18);1H. The molecule has 0 radical (unpaired) electrons. The first-order chi connectivity index (χ1) is 9.62. The van der Waals surface area contributed by atoms with Gasteiger partial charge in [0.25, 0.3) is 5.91 Å². The van der Waals surface area contributed by atoms with Gasteiger partial charge in [-0.3, -0.25) is 4.79 Å². The van der Waals surface area contributed by atoms with E-state index in [9.17, 15) is 4.79 Å². The molecule has 3 N–H and O–H groups in total. The van der Waals surface area contributed by atoms with Crippen LogP contribution in [0.15, 0.2) is 18.2 Å². The number of benzene rings is 1. The molecule has 0 unspecified atom stereocenters.